The fraction of sp³-hybridized carbons (Fsp3) is 0.167. The normalized spacial score (nSPS) is 10.5. The lowest BCUT2D eigenvalue weighted by atomic mass is 10.1. The largest absolute Gasteiger partial charge is 0.507 e. The van der Waals surface area contributed by atoms with Crippen molar-refractivity contribution in [3.8, 4) is 17.6 Å². The summed E-state index contributed by atoms with van der Waals surface area (Å²) in [4.78, 5) is 11.5. The lowest BCUT2D eigenvalue weighted by Crippen LogP contribution is -2.24. The van der Waals surface area contributed by atoms with Crippen LogP contribution >= 0.6 is 0 Å². The van der Waals surface area contributed by atoms with E-state index < -0.39 is 17.8 Å². The van der Waals surface area contributed by atoms with Crippen molar-refractivity contribution in [1.29, 1.82) is 0 Å². The molecule has 0 aromatic heterocycles. The number of aromatic hydroxyl groups is 1. The highest BCUT2D eigenvalue weighted by Crippen LogP contribution is 2.31. The van der Waals surface area contributed by atoms with Gasteiger partial charge in [-0.3, -0.25) is 0 Å². The number of alkyl halides is 3. The van der Waals surface area contributed by atoms with Crippen LogP contribution in [-0.4, -0.2) is 17.7 Å². The van der Waals surface area contributed by atoms with Crippen LogP contribution in [0.25, 0.3) is 0 Å². The van der Waals surface area contributed by atoms with E-state index in [2.05, 4.69) is 17.2 Å². The third-order valence-electron chi connectivity index (χ3n) is 3.08. The van der Waals surface area contributed by atoms with Gasteiger partial charge >= 0.3 is 12.3 Å². The van der Waals surface area contributed by atoms with Gasteiger partial charge < -0.3 is 15.2 Å². The van der Waals surface area contributed by atoms with E-state index in [4.69, 9.17) is 4.74 Å². The standard InChI is InChI=1S/C18H14F3NO3/c19-18(20,21)15-8-9-16(23)14(11-15)7-4-10-22-17(24)25-12-13-5-2-1-3-6-13/h1-3,5-6,8-9,11,23H,10,12H2,(H,22,24). The fourth-order valence-electron chi connectivity index (χ4n) is 1.84. The van der Waals surface area contributed by atoms with Crippen LogP contribution in [0.3, 0.4) is 0 Å². The van der Waals surface area contributed by atoms with Crippen LogP contribution in [0.1, 0.15) is 16.7 Å². The summed E-state index contributed by atoms with van der Waals surface area (Å²) in [5, 5.41) is 11.9. The number of alkyl carbamates (subject to hydrolysis) is 1. The van der Waals surface area contributed by atoms with Crippen molar-refractivity contribution in [2.45, 2.75) is 12.8 Å². The molecule has 2 aromatic carbocycles. The van der Waals surface area contributed by atoms with Crippen molar-refractivity contribution >= 4 is 6.09 Å². The highest BCUT2D eigenvalue weighted by molar-refractivity contribution is 5.67. The van der Waals surface area contributed by atoms with E-state index >= 15 is 0 Å². The first-order valence-corrected chi connectivity index (χ1v) is 7.20. The Morgan fingerprint density at radius 2 is 1.88 bits per heavy atom. The second-order valence-electron chi connectivity index (χ2n) is 4.95. The van der Waals surface area contributed by atoms with E-state index in [0.29, 0.717) is 0 Å². The second kappa shape index (κ2) is 8.11. The molecule has 0 heterocycles. The Hall–Kier alpha value is -3.14. The van der Waals surface area contributed by atoms with E-state index in [9.17, 15) is 23.1 Å². The minimum absolute atomic E-state index is 0.0918. The van der Waals surface area contributed by atoms with E-state index in [1.54, 1.807) is 12.1 Å². The number of phenols is 1. The Labute approximate surface area is 142 Å². The quantitative estimate of drug-likeness (QED) is 0.831. The van der Waals surface area contributed by atoms with Crippen LogP contribution < -0.4 is 5.32 Å². The highest BCUT2D eigenvalue weighted by atomic mass is 19.4. The molecule has 2 N–H and O–H groups in total. The van der Waals surface area contributed by atoms with Gasteiger partial charge in [-0.15, -0.1) is 0 Å². The first kappa shape index (κ1) is 18.2. The maximum Gasteiger partial charge on any atom is 0.416 e. The SMILES string of the molecule is O=C(NCC#Cc1cc(C(F)(F)F)ccc1O)OCc1ccccc1. The van der Waals surface area contributed by atoms with Crippen LogP contribution in [0.5, 0.6) is 5.75 Å². The van der Waals surface area contributed by atoms with Crippen molar-refractivity contribution in [2.75, 3.05) is 6.54 Å². The maximum absolute atomic E-state index is 12.6. The zero-order valence-electron chi connectivity index (χ0n) is 12.9. The Morgan fingerprint density at radius 1 is 1.16 bits per heavy atom. The molecule has 0 bridgehead atoms. The molecule has 0 saturated heterocycles. The molecule has 0 spiro atoms. The van der Waals surface area contributed by atoms with Gasteiger partial charge in [-0.1, -0.05) is 42.2 Å². The van der Waals surface area contributed by atoms with E-state index in [-0.39, 0.29) is 24.5 Å². The highest BCUT2D eigenvalue weighted by Gasteiger charge is 2.30. The third-order valence-corrected chi connectivity index (χ3v) is 3.08. The maximum atomic E-state index is 12.6. The Balaban J connectivity index is 1.87. The number of nitrogens with one attached hydrogen (secondary N) is 1. The van der Waals surface area contributed by atoms with Gasteiger partial charge in [-0.25, -0.2) is 4.79 Å². The molecule has 0 aliphatic heterocycles. The summed E-state index contributed by atoms with van der Waals surface area (Å²) in [5.41, 5.74) is -0.267. The summed E-state index contributed by atoms with van der Waals surface area (Å²) in [5.74, 6) is 4.48. The van der Waals surface area contributed by atoms with Gasteiger partial charge in [-0.2, -0.15) is 13.2 Å². The van der Waals surface area contributed by atoms with Gasteiger partial charge in [0.15, 0.2) is 0 Å². The average Bonchev–Trinajstić information content (AvgIpc) is 2.58. The molecule has 2 rings (SSSR count). The summed E-state index contributed by atoms with van der Waals surface area (Å²) in [6, 6.07) is 11.5. The van der Waals surface area contributed by atoms with Gasteiger partial charge in [0, 0.05) is 0 Å². The number of amides is 1. The first-order valence-electron chi connectivity index (χ1n) is 7.20. The zero-order valence-corrected chi connectivity index (χ0v) is 12.9. The van der Waals surface area contributed by atoms with Crippen molar-refractivity contribution in [2.24, 2.45) is 0 Å². The van der Waals surface area contributed by atoms with Crippen LogP contribution in [0.4, 0.5) is 18.0 Å². The van der Waals surface area contributed by atoms with E-state index in [1.807, 2.05) is 18.2 Å². The molecule has 130 valence electrons. The lowest BCUT2D eigenvalue weighted by molar-refractivity contribution is -0.137. The summed E-state index contributed by atoms with van der Waals surface area (Å²) in [7, 11) is 0. The van der Waals surface area contributed by atoms with Gasteiger partial charge in [0.2, 0.25) is 0 Å². The summed E-state index contributed by atoms with van der Waals surface area (Å²) >= 11 is 0. The van der Waals surface area contributed by atoms with Crippen LogP contribution in [0.15, 0.2) is 48.5 Å². The molecule has 0 fully saturated rings. The van der Waals surface area contributed by atoms with E-state index in [0.717, 1.165) is 23.8 Å². The molecular formula is C18H14F3NO3. The van der Waals surface area contributed by atoms with Crippen molar-refractivity contribution in [3.05, 3.63) is 65.2 Å². The fourth-order valence-corrected chi connectivity index (χ4v) is 1.84. The summed E-state index contributed by atoms with van der Waals surface area (Å²) in [6.07, 6.45) is -5.23. The molecule has 0 aliphatic carbocycles. The number of ether oxygens (including phenoxy) is 1. The number of rotatable bonds is 3. The molecule has 0 unspecified atom stereocenters. The number of hydrogen-bond acceptors (Lipinski definition) is 3. The van der Waals surface area contributed by atoms with Crippen LogP contribution in [0, 0.1) is 11.8 Å². The molecule has 0 saturated carbocycles. The van der Waals surface area contributed by atoms with Gasteiger partial charge in [0.05, 0.1) is 17.7 Å². The first-order chi connectivity index (χ1) is 11.9. The number of hydrogen-bond donors (Lipinski definition) is 2. The number of phenolic OH excluding ortho intramolecular Hbond substituents is 1. The molecule has 4 nitrogen and oxygen atoms in total. The lowest BCUT2D eigenvalue weighted by Gasteiger charge is -2.07. The summed E-state index contributed by atoms with van der Waals surface area (Å²) in [6.45, 7) is -0.0438. The number of benzene rings is 2. The number of carbonyl (C=O) groups is 1. The molecular weight excluding hydrogens is 335 g/mol. The second-order valence-corrected chi connectivity index (χ2v) is 4.95. The van der Waals surface area contributed by atoms with Gasteiger partial charge in [-0.05, 0) is 23.8 Å². The van der Waals surface area contributed by atoms with Crippen molar-refractivity contribution in [1.82, 2.24) is 5.32 Å². The Kier molecular flexibility index (Phi) is 5.90. The number of carbonyl (C=O) groups excluding carboxylic acids is 1. The smallest absolute Gasteiger partial charge is 0.416 e. The molecule has 0 aliphatic rings. The monoisotopic (exact) mass is 349 g/mol. The molecule has 2 aromatic rings. The number of halogens is 3. The molecule has 7 heteroatoms. The van der Waals surface area contributed by atoms with Crippen LogP contribution in [-0.2, 0) is 17.5 Å². The predicted molar refractivity (Wildman–Crippen MR) is 84.6 cm³/mol. The van der Waals surface area contributed by atoms with Gasteiger partial charge in [0.1, 0.15) is 12.4 Å². The molecule has 0 atom stereocenters. The molecule has 25 heavy (non-hydrogen) atoms. The van der Waals surface area contributed by atoms with Crippen molar-refractivity contribution < 1.29 is 27.8 Å². The molecule has 1 amide bonds. The van der Waals surface area contributed by atoms with E-state index in [1.165, 1.54) is 0 Å². The van der Waals surface area contributed by atoms with Crippen LogP contribution in [0.2, 0.25) is 0 Å². The zero-order chi connectivity index (χ0) is 18.3. The average molecular weight is 349 g/mol. The third kappa shape index (κ3) is 5.77. The molecule has 0 radical (unpaired) electrons. The predicted octanol–water partition coefficient (Wildman–Crippen LogP) is 3.69. The Bertz CT molecular complexity index is 793. The topological polar surface area (TPSA) is 58.6 Å². The summed E-state index contributed by atoms with van der Waals surface area (Å²) < 4.78 is 42.8. The van der Waals surface area contributed by atoms with Crippen molar-refractivity contribution in [3.63, 3.8) is 0 Å². The van der Waals surface area contributed by atoms with Gasteiger partial charge in [0.25, 0.3) is 0 Å². The minimum atomic E-state index is -4.52. The Morgan fingerprint density at radius 3 is 2.56 bits per heavy atom. The minimum Gasteiger partial charge on any atom is -0.507 e.